The van der Waals surface area contributed by atoms with Gasteiger partial charge < -0.3 is 18.2 Å². The molecule has 0 unspecified atom stereocenters. The second kappa shape index (κ2) is 11.8. The summed E-state index contributed by atoms with van der Waals surface area (Å²) >= 11 is 0. The molecule has 29 heavy (non-hydrogen) atoms. The quantitative estimate of drug-likeness (QED) is 0.198. The third-order valence-electron chi connectivity index (χ3n) is 5.96. The van der Waals surface area contributed by atoms with E-state index in [4.69, 9.17) is 18.2 Å². The van der Waals surface area contributed by atoms with Crippen LogP contribution in [0.3, 0.4) is 0 Å². The van der Waals surface area contributed by atoms with Crippen LogP contribution in [0.1, 0.15) is 46.1 Å². The van der Waals surface area contributed by atoms with Gasteiger partial charge in [0.2, 0.25) is 0 Å². The van der Waals surface area contributed by atoms with Crippen LogP contribution in [0.15, 0.2) is 30.3 Å². The largest absolute Gasteiger partial charge is 0.414 e. The monoisotopic (exact) mass is 444 g/mol. The standard InChI is InChI=1S/C22H41O5PSi/c1-19(15-17-28(23,24-5)25-6)21(27-29(7,8)22(2,3)4)14-16-26-18-20-12-10-9-11-13-20/h9-13,19,21H,14-18H2,1-8H3/t19-,21-/m0/s1. The minimum atomic E-state index is -3.01. The molecule has 0 aromatic heterocycles. The van der Waals surface area contributed by atoms with E-state index in [0.717, 1.165) is 12.8 Å². The summed E-state index contributed by atoms with van der Waals surface area (Å²) in [7, 11) is -2.06. The van der Waals surface area contributed by atoms with Gasteiger partial charge in [0.25, 0.3) is 0 Å². The number of hydrogen-bond acceptors (Lipinski definition) is 5. The molecule has 2 atom stereocenters. The van der Waals surface area contributed by atoms with Crippen molar-refractivity contribution in [3.63, 3.8) is 0 Å². The second-order valence-corrected chi connectivity index (χ2v) is 16.4. The molecule has 0 spiro atoms. The fourth-order valence-electron chi connectivity index (χ4n) is 2.78. The summed E-state index contributed by atoms with van der Waals surface area (Å²) in [5.41, 5.74) is 1.17. The molecule has 0 fully saturated rings. The van der Waals surface area contributed by atoms with Crippen LogP contribution >= 0.6 is 7.60 Å². The van der Waals surface area contributed by atoms with Gasteiger partial charge >= 0.3 is 7.60 Å². The molecule has 0 N–H and O–H groups in total. The molecule has 0 bridgehead atoms. The first-order valence-corrected chi connectivity index (χ1v) is 15.1. The summed E-state index contributed by atoms with van der Waals surface area (Å²) < 4.78 is 35.3. The Morgan fingerprint density at radius 3 is 2.14 bits per heavy atom. The molecule has 168 valence electrons. The van der Waals surface area contributed by atoms with Crippen LogP contribution in [-0.2, 0) is 29.4 Å². The first kappa shape index (κ1) is 26.5. The van der Waals surface area contributed by atoms with Crippen LogP contribution in [-0.4, -0.2) is 41.4 Å². The molecule has 0 amide bonds. The normalized spacial score (nSPS) is 15.3. The van der Waals surface area contributed by atoms with E-state index < -0.39 is 15.9 Å². The van der Waals surface area contributed by atoms with Crippen LogP contribution in [0.4, 0.5) is 0 Å². The van der Waals surface area contributed by atoms with Crippen molar-refractivity contribution in [3.8, 4) is 0 Å². The lowest BCUT2D eigenvalue weighted by Crippen LogP contribution is -2.45. The van der Waals surface area contributed by atoms with Crippen molar-refractivity contribution in [3.05, 3.63) is 35.9 Å². The summed E-state index contributed by atoms with van der Waals surface area (Å²) in [6, 6.07) is 10.2. The van der Waals surface area contributed by atoms with Gasteiger partial charge in [-0.05, 0) is 42.5 Å². The first-order chi connectivity index (χ1) is 13.4. The lowest BCUT2D eigenvalue weighted by molar-refractivity contribution is 0.0542. The van der Waals surface area contributed by atoms with Gasteiger partial charge in [0.15, 0.2) is 8.32 Å². The molecule has 7 heteroatoms. The smallest absolute Gasteiger partial charge is 0.330 e. The number of ether oxygens (including phenoxy) is 1. The topological polar surface area (TPSA) is 54.0 Å². The number of hydrogen-bond donors (Lipinski definition) is 0. The van der Waals surface area contributed by atoms with E-state index in [1.165, 1.54) is 19.8 Å². The first-order valence-electron chi connectivity index (χ1n) is 10.4. The van der Waals surface area contributed by atoms with Crippen LogP contribution in [0.2, 0.25) is 18.1 Å². The molecule has 1 aromatic carbocycles. The summed E-state index contributed by atoms with van der Waals surface area (Å²) in [4.78, 5) is 0. The van der Waals surface area contributed by atoms with Gasteiger partial charge in [-0.2, -0.15) is 0 Å². The van der Waals surface area contributed by atoms with Crippen LogP contribution in [0.5, 0.6) is 0 Å². The molecule has 0 saturated heterocycles. The molecule has 0 aliphatic rings. The third-order valence-corrected chi connectivity index (χ3v) is 12.4. The molecular formula is C22H41O5PSi. The van der Waals surface area contributed by atoms with E-state index in [2.05, 4.69) is 52.9 Å². The maximum absolute atomic E-state index is 12.4. The highest BCUT2D eigenvalue weighted by molar-refractivity contribution is 7.53. The van der Waals surface area contributed by atoms with E-state index in [-0.39, 0.29) is 17.1 Å². The molecule has 5 nitrogen and oxygen atoms in total. The van der Waals surface area contributed by atoms with Crippen molar-refractivity contribution in [2.24, 2.45) is 5.92 Å². The predicted octanol–water partition coefficient (Wildman–Crippen LogP) is 6.50. The Morgan fingerprint density at radius 1 is 1.03 bits per heavy atom. The van der Waals surface area contributed by atoms with Gasteiger partial charge in [-0.1, -0.05) is 58.0 Å². The Hall–Kier alpha value is -0.493. The Balaban J connectivity index is 2.72. The highest BCUT2D eigenvalue weighted by atomic mass is 31.2. The van der Waals surface area contributed by atoms with E-state index in [1.54, 1.807) is 0 Å². The van der Waals surface area contributed by atoms with E-state index in [1.807, 2.05) is 18.2 Å². The fraction of sp³-hybridized carbons (Fsp3) is 0.727. The van der Waals surface area contributed by atoms with Crippen molar-refractivity contribution >= 4 is 15.9 Å². The van der Waals surface area contributed by atoms with Crippen LogP contribution in [0, 0.1) is 5.92 Å². The Kier molecular flexibility index (Phi) is 10.8. The van der Waals surface area contributed by atoms with Gasteiger partial charge in [0.1, 0.15) is 0 Å². The maximum Gasteiger partial charge on any atom is 0.330 e. The maximum atomic E-state index is 12.4. The molecule has 0 heterocycles. The van der Waals surface area contributed by atoms with E-state index in [0.29, 0.717) is 19.4 Å². The minimum Gasteiger partial charge on any atom is -0.414 e. The average molecular weight is 445 g/mol. The zero-order chi connectivity index (χ0) is 22.1. The third kappa shape index (κ3) is 9.03. The highest BCUT2D eigenvalue weighted by Gasteiger charge is 2.40. The molecule has 1 aromatic rings. The molecule has 0 saturated carbocycles. The van der Waals surface area contributed by atoms with Crippen molar-refractivity contribution in [2.45, 2.75) is 71.4 Å². The molecule has 0 aliphatic carbocycles. The molecule has 1 rings (SSSR count). The Labute approximate surface area is 179 Å². The molecular weight excluding hydrogens is 403 g/mol. The summed E-state index contributed by atoms with van der Waals surface area (Å²) in [5, 5.41) is 0.129. The second-order valence-electron chi connectivity index (χ2n) is 9.21. The molecule has 0 aliphatic heterocycles. The predicted molar refractivity (Wildman–Crippen MR) is 123 cm³/mol. The summed E-state index contributed by atoms with van der Waals surface area (Å²) in [6.07, 6.45) is 1.97. The van der Waals surface area contributed by atoms with E-state index in [9.17, 15) is 4.57 Å². The minimum absolute atomic E-state index is 0.0498. The van der Waals surface area contributed by atoms with Gasteiger partial charge in [-0.3, -0.25) is 4.57 Å². The van der Waals surface area contributed by atoms with Crippen molar-refractivity contribution < 1.29 is 22.8 Å². The molecule has 0 radical (unpaired) electrons. The van der Waals surface area contributed by atoms with Crippen LogP contribution < -0.4 is 0 Å². The Bertz CT molecular complexity index is 622. The zero-order valence-electron chi connectivity index (χ0n) is 19.6. The number of rotatable bonds is 13. The number of benzene rings is 1. The zero-order valence-corrected chi connectivity index (χ0v) is 21.5. The lowest BCUT2D eigenvalue weighted by Gasteiger charge is -2.41. The van der Waals surface area contributed by atoms with Gasteiger partial charge in [0.05, 0.1) is 12.8 Å². The van der Waals surface area contributed by atoms with Crippen LogP contribution in [0.25, 0.3) is 0 Å². The van der Waals surface area contributed by atoms with Gasteiger partial charge in [-0.25, -0.2) is 0 Å². The summed E-state index contributed by atoms with van der Waals surface area (Å²) in [5.74, 6) is 0.225. The van der Waals surface area contributed by atoms with E-state index >= 15 is 0 Å². The SMILES string of the molecule is COP(=O)(CC[C@H](C)[C@H](CCOCc1ccccc1)O[Si](C)(C)C(C)(C)C)OC. The lowest BCUT2D eigenvalue weighted by atomic mass is 10.00. The van der Waals surface area contributed by atoms with Gasteiger partial charge in [0, 0.05) is 26.9 Å². The van der Waals surface area contributed by atoms with Crippen molar-refractivity contribution in [1.82, 2.24) is 0 Å². The van der Waals surface area contributed by atoms with Gasteiger partial charge in [-0.15, -0.1) is 0 Å². The van der Waals surface area contributed by atoms with Crippen molar-refractivity contribution in [2.75, 3.05) is 27.0 Å². The summed E-state index contributed by atoms with van der Waals surface area (Å²) in [6.45, 7) is 14.7. The highest BCUT2D eigenvalue weighted by Crippen LogP contribution is 2.48. The van der Waals surface area contributed by atoms with Crippen molar-refractivity contribution in [1.29, 1.82) is 0 Å². The average Bonchev–Trinajstić information content (AvgIpc) is 2.68. The fourth-order valence-corrected chi connectivity index (χ4v) is 5.48. The Morgan fingerprint density at radius 2 is 1.62 bits per heavy atom.